The first-order valence-corrected chi connectivity index (χ1v) is 8.19. The third kappa shape index (κ3) is 4.72. The minimum atomic E-state index is -4.56. The van der Waals surface area contributed by atoms with Crippen LogP contribution in [0.25, 0.3) is 0 Å². The number of para-hydroxylation sites is 1. The van der Waals surface area contributed by atoms with Gasteiger partial charge in [0.25, 0.3) is 15.9 Å². The lowest BCUT2D eigenvalue weighted by molar-refractivity contribution is -0.123. The number of sulfonamides is 1. The van der Waals surface area contributed by atoms with Crippen LogP contribution in [0.1, 0.15) is 10.4 Å². The summed E-state index contributed by atoms with van der Waals surface area (Å²) in [5.74, 6) is -1.03. The minimum Gasteiger partial charge on any atom is -0.343 e. The van der Waals surface area contributed by atoms with Gasteiger partial charge in [-0.1, -0.05) is 30.3 Å². The molecule has 0 aliphatic carbocycles. The smallest absolute Gasteiger partial charge is 0.343 e. The van der Waals surface area contributed by atoms with Crippen LogP contribution in [0.3, 0.4) is 0 Å². The van der Waals surface area contributed by atoms with Crippen molar-refractivity contribution in [3.63, 3.8) is 0 Å². The molecule has 2 N–H and O–H groups in total. The van der Waals surface area contributed by atoms with Gasteiger partial charge in [-0.05, 0) is 24.3 Å². The molecule has 0 aliphatic heterocycles. The average molecular weight is 358 g/mol. The van der Waals surface area contributed by atoms with Crippen molar-refractivity contribution < 1.29 is 26.4 Å². The molecule has 2 aromatic carbocycles. The molecule has 0 fully saturated rings. The molecule has 0 saturated heterocycles. The Bertz CT molecular complexity index is 821. The summed E-state index contributed by atoms with van der Waals surface area (Å²) < 4.78 is 63.3. The molecule has 9 heteroatoms. The first-order chi connectivity index (χ1) is 11.2. The van der Waals surface area contributed by atoms with Crippen LogP contribution in [-0.2, 0) is 10.0 Å². The highest BCUT2D eigenvalue weighted by Gasteiger charge is 2.28. The minimum absolute atomic E-state index is 0.0319. The van der Waals surface area contributed by atoms with Crippen LogP contribution in [-0.4, -0.2) is 27.0 Å². The molecule has 24 heavy (non-hydrogen) atoms. The summed E-state index contributed by atoms with van der Waals surface area (Å²) in [7, 11) is -3.96. The number of carbonyl (C=O) groups is 1. The number of hydrogen-bond acceptors (Lipinski definition) is 3. The summed E-state index contributed by atoms with van der Waals surface area (Å²) in [6.07, 6.45) is -4.56. The van der Waals surface area contributed by atoms with Gasteiger partial charge in [0.2, 0.25) is 0 Å². The second-order valence-electron chi connectivity index (χ2n) is 4.76. The zero-order chi connectivity index (χ0) is 17.8. The fraction of sp³-hybridized carbons (Fsp3) is 0.133. The molecule has 5 nitrogen and oxygen atoms in total. The summed E-state index contributed by atoms with van der Waals surface area (Å²) in [5, 5.41) is 1.71. The third-order valence-corrected chi connectivity index (χ3v) is 4.30. The lowest BCUT2D eigenvalue weighted by Crippen LogP contribution is -2.34. The van der Waals surface area contributed by atoms with Crippen molar-refractivity contribution in [3.8, 4) is 0 Å². The highest BCUT2D eigenvalue weighted by atomic mass is 32.2. The molecule has 0 bridgehead atoms. The second-order valence-corrected chi connectivity index (χ2v) is 6.44. The molecule has 1 amide bonds. The maximum atomic E-state index is 12.3. The third-order valence-electron chi connectivity index (χ3n) is 2.92. The lowest BCUT2D eigenvalue weighted by atomic mass is 10.1. The van der Waals surface area contributed by atoms with Crippen molar-refractivity contribution in [3.05, 3.63) is 60.2 Å². The zero-order valence-corrected chi connectivity index (χ0v) is 13.0. The quantitative estimate of drug-likeness (QED) is 0.863. The SMILES string of the molecule is O=C(NCC(F)(F)F)c1ccccc1NS(=O)(=O)c1ccccc1. The van der Waals surface area contributed by atoms with E-state index in [1.807, 2.05) is 0 Å². The molecular weight excluding hydrogens is 345 g/mol. The van der Waals surface area contributed by atoms with Gasteiger partial charge in [0.05, 0.1) is 16.1 Å². The molecule has 0 spiro atoms. The summed E-state index contributed by atoms with van der Waals surface area (Å²) in [4.78, 5) is 11.9. The number of rotatable bonds is 5. The number of benzene rings is 2. The molecule has 128 valence electrons. The molecule has 0 saturated carbocycles. The zero-order valence-electron chi connectivity index (χ0n) is 12.2. The van der Waals surface area contributed by atoms with E-state index in [2.05, 4.69) is 4.72 Å². The Morgan fingerprint density at radius 2 is 1.54 bits per heavy atom. The topological polar surface area (TPSA) is 75.3 Å². The molecular formula is C15H13F3N2O3S. The van der Waals surface area contributed by atoms with E-state index in [0.717, 1.165) is 0 Å². The molecule has 0 unspecified atom stereocenters. The molecule has 2 aromatic rings. The monoisotopic (exact) mass is 358 g/mol. The Kier molecular flexibility index (Phi) is 5.13. The Balaban J connectivity index is 2.25. The van der Waals surface area contributed by atoms with Gasteiger partial charge in [-0.15, -0.1) is 0 Å². The number of carbonyl (C=O) groups excluding carboxylic acids is 1. The Morgan fingerprint density at radius 1 is 0.958 bits per heavy atom. The summed E-state index contributed by atoms with van der Waals surface area (Å²) >= 11 is 0. The van der Waals surface area contributed by atoms with Crippen LogP contribution in [0, 0.1) is 0 Å². The maximum Gasteiger partial charge on any atom is 0.405 e. The van der Waals surface area contributed by atoms with Gasteiger partial charge in [-0.25, -0.2) is 8.42 Å². The molecule has 2 rings (SSSR count). The summed E-state index contributed by atoms with van der Waals surface area (Å²) in [6.45, 7) is -1.51. The van der Waals surface area contributed by atoms with Gasteiger partial charge < -0.3 is 5.32 Å². The number of halogens is 3. The maximum absolute atomic E-state index is 12.3. The van der Waals surface area contributed by atoms with E-state index >= 15 is 0 Å². The number of nitrogens with one attached hydrogen (secondary N) is 2. The predicted octanol–water partition coefficient (Wildman–Crippen LogP) is 2.78. The standard InChI is InChI=1S/C15H13F3N2O3S/c16-15(17,18)10-19-14(21)12-8-4-5-9-13(12)20-24(22,23)11-6-2-1-3-7-11/h1-9,20H,10H2,(H,19,21). The van der Waals surface area contributed by atoms with Crippen LogP contribution in [0.5, 0.6) is 0 Å². The van der Waals surface area contributed by atoms with Crippen LogP contribution >= 0.6 is 0 Å². The number of anilines is 1. The van der Waals surface area contributed by atoms with Gasteiger partial charge in [-0.2, -0.15) is 13.2 Å². The highest BCUT2D eigenvalue weighted by Crippen LogP contribution is 2.20. The van der Waals surface area contributed by atoms with Gasteiger partial charge in [0.15, 0.2) is 0 Å². The molecule has 0 aromatic heterocycles. The predicted molar refractivity (Wildman–Crippen MR) is 82.1 cm³/mol. The Hall–Kier alpha value is -2.55. The van der Waals surface area contributed by atoms with E-state index in [1.165, 1.54) is 48.5 Å². The summed E-state index contributed by atoms with van der Waals surface area (Å²) in [6, 6.07) is 12.8. The fourth-order valence-electron chi connectivity index (χ4n) is 1.85. The van der Waals surface area contributed by atoms with Gasteiger partial charge in [0, 0.05) is 0 Å². The normalized spacial score (nSPS) is 11.8. The molecule has 0 heterocycles. The van der Waals surface area contributed by atoms with Crippen LogP contribution in [0.4, 0.5) is 18.9 Å². The first-order valence-electron chi connectivity index (χ1n) is 6.71. The van der Waals surface area contributed by atoms with Crippen molar-refractivity contribution in [2.75, 3.05) is 11.3 Å². The van der Waals surface area contributed by atoms with Gasteiger partial charge in [0.1, 0.15) is 6.54 Å². The van der Waals surface area contributed by atoms with Crippen LogP contribution in [0.2, 0.25) is 0 Å². The number of alkyl halides is 3. The Morgan fingerprint density at radius 3 is 2.17 bits per heavy atom. The van der Waals surface area contributed by atoms with E-state index in [1.54, 1.807) is 11.4 Å². The van der Waals surface area contributed by atoms with Crippen molar-refractivity contribution in [1.82, 2.24) is 5.32 Å². The van der Waals surface area contributed by atoms with E-state index in [4.69, 9.17) is 0 Å². The number of amides is 1. The lowest BCUT2D eigenvalue weighted by Gasteiger charge is -2.13. The van der Waals surface area contributed by atoms with Crippen LogP contribution < -0.4 is 10.0 Å². The van der Waals surface area contributed by atoms with Gasteiger partial charge >= 0.3 is 6.18 Å². The highest BCUT2D eigenvalue weighted by molar-refractivity contribution is 7.92. The second kappa shape index (κ2) is 6.91. The van der Waals surface area contributed by atoms with E-state index in [9.17, 15) is 26.4 Å². The van der Waals surface area contributed by atoms with Crippen molar-refractivity contribution in [2.45, 2.75) is 11.1 Å². The van der Waals surface area contributed by atoms with Crippen molar-refractivity contribution >= 4 is 21.6 Å². The average Bonchev–Trinajstić information content (AvgIpc) is 2.53. The largest absolute Gasteiger partial charge is 0.405 e. The molecule has 0 radical (unpaired) electrons. The van der Waals surface area contributed by atoms with E-state index < -0.39 is 28.7 Å². The first kappa shape index (κ1) is 17.8. The van der Waals surface area contributed by atoms with E-state index in [0.29, 0.717) is 0 Å². The molecule has 0 aliphatic rings. The molecule has 0 atom stereocenters. The van der Waals surface area contributed by atoms with E-state index in [-0.39, 0.29) is 16.1 Å². The van der Waals surface area contributed by atoms with Crippen molar-refractivity contribution in [2.24, 2.45) is 0 Å². The number of hydrogen-bond donors (Lipinski definition) is 2. The van der Waals surface area contributed by atoms with Crippen LogP contribution in [0.15, 0.2) is 59.5 Å². The van der Waals surface area contributed by atoms with Crippen molar-refractivity contribution in [1.29, 1.82) is 0 Å². The summed E-state index contributed by atoms with van der Waals surface area (Å²) in [5.41, 5.74) is -0.317. The Labute approximate surface area is 136 Å². The van der Waals surface area contributed by atoms with Gasteiger partial charge in [-0.3, -0.25) is 9.52 Å². The fourth-order valence-corrected chi connectivity index (χ4v) is 2.95.